The molecule has 0 atom stereocenters. The first-order valence-electron chi connectivity index (χ1n) is 10.0. The van der Waals surface area contributed by atoms with E-state index >= 15 is 0 Å². The van der Waals surface area contributed by atoms with Crippen molar-refractivity contribution in [3.8, 4) is 17.2 Å². The number of carbonyl (C=O) groups is 1. The van der Waals surface area contributed by atoms with Crippen LogP contribution in [0.5, 0.6) is 11.5 Å². The molecule has 4 aromatic rings. The van der Waals surface area contributed by atoms with Crippen molar-refractivity contribution < 1.29 is 18.8 Å². The van der Waals surface area contributed by atoms with Crippen molar-refractivity contribution in [2.24, 2.45) is 0 Å². The fourth-order valence-corrected chi connectivity index (χ4v) is 3.21. The third-order valence-electron chi connectivity index (χ3n) is 4.77. The minimum absolute atomic E-state index is 0.123. The van der Waals surface area contributed by atoms with Gasteiger partial charge >= 0.3 is 0 Å². The van der Waals surface area contributed by atoms with Gasteiger partial charge in [0, 0.05) is 29.6 Å². The SMILES string of the molecule is Cc1cc(=O)c(C(=O)Nc2ccc(Oc3cccc(F)c3)cc2)nn1-c1ccccc1[N+](=O)[O-]. The van der Waals surface area contributed by atoms with E-state index in [1.807, 2.05) is 0 Å². The molecule has 3 aromatic carbocycles. The molecule has 10 heteroatoms. The maximum atomic E-state index is 13.3. The number of para-hydroxylation sites is 2. The Kier molecular flexibility index (Phi) is 6.13. The third-order valence-corrected chi connectivity index (χ3v) is 4.77. The van der Waals surface area contributed by atoms with Crippen molar-refractivity contribution in [1.29, 1.82) is 0 Å². The lowest BCUT2D eigenvalue weighted by Crippen LogP contribution is -2.27. The summed E-state index contributed by atoms with van der Waals surface area (Å²) in [5.74, 6) is -0.485. The van der Waals surface area contributed by atoms with E-state index in [-0.39, 0.29) is 11.4 Å². The van der Waals surface area contributed by atoms with Gasteiger partial charge in [-0.1, -0.05) is 18.2 Å². The van der Waals surface area contributed by atoms with Crippen LogP contribution in [0.25, 0.3) is 5.69 Å². The van der Waals surface area contributed by atoms with Crippen molar-refractivity contribution in [2.45, 2.75) is 6.92 Å². The monoisotopic (exact) mass is 460 g/mol. The summed E-state index contributed by atoms with van der Waals surface area (Å²) in [5, 5.41) is 18.0. The molecular weight excluding hydrogens is 443 g/mol. The summed E-state index contributed by atoms with van der Waals surface area (Å²) in [4.78, 5) is 36.0. The van der Waals surface area contributed by atoms with Gasteiger partial charge in [0.1, 0.15) is 23.0 Å². The second-order valence-corrected chi connectivity index (χ2v) is 7.19. The van der Waals surface area contributed by atoms with E-state index in [4.69, 9.17) is 4.74 Å². The van der Waals surface area contributed by atoms with Crippen molar-refractivity contribution in [3.05, 3.63) is 116 Å². The first kappa shape index (κ1) is 22.3. The summed E-state index contributed by atoms with van der Waals surface area (Å²) < 4.78 is 20.0. The van der Waals surface area contributed by atoms with Crippen molar-refractivity contribution >= 4 is 17.3 Å². The number of halogens is 1. The molecular formula is C24H17FN4O5. The molecule has 1 aromatic heterocycles. The van der Waals surface area contributed by atoms with E-state index in [0.717, 1.165) is 0 Å². The van der Waals surface area contributed by atoms with Gasteiger partial charge in [0.15, 0.2) is 5.69 Å². The number of nitrogens with zero attached hydrogens (tertiary/aromatic N) is 3. The number of hydrogen-bond donors (Lipinski definition) is 1. The molecule has 0 aliphatic rings. The van der Waals surface area contributed by atoms with E-state index in [9.17, 15) is 24.1 Å². The zero-order valence-electron chi connectivity index (χ0n) is 17.8. The zero-order chi connectivity index (χ0) is 24.2. The normalized spacial score (nSPS) is 10.5. The largest absolute Gasteiger partial charge is 0.457 e. The molecule has 1 N–H and O–H groups in total. The molecule has 0 aliphatic carbocycles. The molecule has 0 spiro atoms. The van der Waals surface area contributed by atoms with E-state index in [0.29, 0.717) is 22.9 Å². The molecule has 0 aliphatic heterocycles. The summed E-state index contributed by atoms with van der Waals surface area (Å²) >= 11 is 0. The number of hydrogen-bond acceptors (Lipinski definition) is 6. The smallest absolute Gasteiger partial charge is 0.294 e. The lowest BCUT2D eigenvalue weighted by atomic mass is 10.2. The number of aromatic nitrogens is 2. The quantitative estimate of drug-likeness (QED) is 0.331. The standard InChI is InChI=1S/C24H17FN4O5/c1-15-13-22(30)23(27-28(15)20-7-2-3-8-21(20)29(32)33)24(31)26-17-9-11-18(12-10-17)34-19-6-4-5-16(25)14-19/h2-14H,1H3,(H,26,31). The van der Waals surface area contributed by atoms with E-state index in [1.54, 1.807) is 43.3 Å². The van der Waals surface area contributed by atoms with Gasteiger partial charge < -0.3 is 10.1 Å². The van der Waals surface area contributed by atoms with Crippen LogP contribution in [-0.4, -0.2) is 20.6 Å². The van der Waals surface area contributed by atoms with Crippen LogP contribution >= 0.6 is 0 Å². The minimum atomic E-state index is -0.781. The lowest BCUT2D eigenvalue weighted by Gasteiger charge is -2.12. The zero-order valence-corrected chi connectivity index (χ0v) is 17.8. The molecule has 1 heterocycles. The maximum Gasteiger partial charge on any atom is 0.294 e. The summed E-state index contributed by atoms with van der Waals surface area (Å²) in [5.41, 5.74) is -0.468. The highest BCUT2D eigenvalue weighted by Crippen LogP contribution is 2.24. The van der Waals surface area contributed by atoms with Crippen LogP contribution in [0.15, 0.2) is 83.7 Å². The Balaban J connectivity index is 1.57. The number of nitrogens with one attached hydrogen (secondary N) is 1. The average Bonchev–Trinajstić information content (AvgIpc) is 2.80. The molecule has 0 unspecified atom stereocenters. The van der Waals surface area contributed by atoms with Gasteiger partial charge in [-0.05, 0) is 49.4 Å². The highest BCUT2D eigenvalue weighted by molar-refractivity contribution is 6.02. The number of nitro groups is 1. The Morgan fingerprint density at radius 1 is 1.03 bits per heavy atom. The van der Waals surface area contributed by atoms with Crippen LogP contribution in [0.3, 0.4) is 0 Å². The second-order valence-electron chi connectivity index (χ2n) is 7.19. The minimum Gasteiger partial charge on any atom is -0.457 e. The molecule has 170 valence electrons. The summed E-state index contributed by atoms with van der Waals surface area (Å²) in [6.07, 6.45) is 0. The van der Waals surface area contributed by atoms with Gasteiger partial charge in [-0.25, -0.2) is 9.07 Å². The Morgan fingerprint density at radius 3 is 2.47 bits per heavy atom. The number of aryl methyl sites for hydroxylation is 1. The van der Waals surface area contributed by atoms with Crippen molar-refractivity contribution in [3.63, 3.8) is 0 Å². The molecule has 0 fully saturated rings. The van der Waals surface area contributed by atoms with Crippen LogP contribution in [0.4, 0.5) is 15.8 Å². The Hall–Kier alpha value is -4.86. The van der Waals surface area contributed by atoms with Crippen LogP contribution in [-0.2, 0) is 0 Å². The van der Waals surface area contributed by atoms with Crippen LogP contribution < -0.4 is 15.5 Å². The predicted molar refractivity (Wildman–Crippen MR) is 122 cm³/mol. The second kappa shape index (κ2) is 9.33. The Morgan fingerprint density at radius 2 is 1.76 bits per heavy atom. The number of amides is 1. The van der Waals surface area contributed by atoms with Gasteiger partial charge in [-0.2, -0.15) is 5.10 Å². The van der Waals surface area contributed by atoms with E-state index < -0.39 is 27.8 Å². The number of nitro benzene ring substituents is 1. The number of rotatable bonds is 6. The highest BCUT2D eigenvalue weighted by atomic mass is 19.1. The van der Waals surface area contributed by atoms with Crippen LogP contribution in [0, 0.1) is 22.9 Å². The number of ether oxygens (including phenoxy) is 1. The topological polar surface area (TPSA) is 116 Å². The Labute approximate surface area is 192 Å². The highest BCUT2D eigenvalue weighted by Gasteiger charge is 2.20. The average molecular weight is 460 g/mol. The summed E-state index contributed by atoms with van der Waals surface area (Å²) in [7, 11) is 0. The molecule has 1 amide bonds. The maximum absolute atomic E-state index is 13.3. The first-order valence-corrected chi connectivity index (χ1v) is 10.0. The first-order chi connectivity index (χ1) is 16.3. The molecule has 0 saturated heterocycles. The van der Waals surface area contributed by atoms with Crippen LogP contribution in [0.1, 0.15) is 16.2 Å². The fraction of sp³-hybridized carbons (Fsp3) is 0.0417. The van der Waals surface area contributed by atoms with Gasteiger partial charge in [0.25, 0.3) is 11.6 Å². The van der Waals surface area contributed by atoms with Crippen molar-refractivity contribution in [2.75, 3.05) is 5.32 Å². The predicted octanol–water partition coefficient (Wildman–Crippen LogP) is 4.63. The van der Waals surface area contributed by atoms with Gasteiger partial charge in [-0.15, -0.1) is 0 Å². The third kappa shape index (κ3) is 4.80. The lowest BCUT2D eigenvalue weighted by molar-refractivity contribution is -0.384. The van der Waals surface area contributed by atoms with Gasteiger partial charge in [-0.3, -0.25) is 19.7 Å². The molecule has 0 bridgehead atoms. The fourth-order valence-electron chi connectivity index (χ4n) is 3.21. The number of benzene rings is 3. The van der Waals surface area contributed by atoms with Crippen molar-refractivity contribution in [1.82, 2.24) is 9.78 Å². The van der Waals surface area contributed by atoms with Crippen LogP contribution in [0.2, 0.25) is 0 Å². The molecule has 0 saturated carbocycles. The van der Waals surface area contributed by atoms with Gasteiger partial charge in [0.2, 0.25) is 5.43 Å². The summed E-state index contributed by atoms with van der Waals surface area (Å²) in [6.45, 7) is 1.56. The Bertz CT molecular complexity index is 1450. The summed E-state index contributed by atoms with van der Waals surface area (Å²) in [6, 6.07) is 18.9. The molecule has 0 radical (unpaired) electrons. The molecule has 34 heavy (non-hydrogen) atoms. The van der Waals surface area contributed by atoms with E-state index in [2.05, 4.69) is 10.4 Å². The molecule has 9 nitrogen and oxygen atoms in total. The molecule has 4 rings (SSSR count). The number of anilines is 1. The number of carbonyl (C=O) groups excluding carboxylic acids is 1. The van der Waals surface area contributed by atoms with E-state index in [1.165, 1.54) is 47.1 Å². The van der Waals surface area contributed by atoms with Gasteiger partial charge in [0.05, 0.1) is 4.92 Å².